The number of amides is 1. The molecule has 1 amide bonds. The van der Waals surface area contributed by atoms with Crippen molar-refractivity contribution in [3.8, 4) is 0 Å². The maximum atomic E-state index is 13.4. The molecule has 2 aliphatic rings. The van der Waals surface area contributed by atoms with Gasteiger partial charge in [-0.05, 0) is 32.4 Å². The average Bonchev–Trinajstić information content (AvgIpc) is 3.25. The predicted octanol–water partition coefficient (Wildman–Crippen LogP) is 2.92. The number of fused-ring (bicyclic) bond motifs is 2. The topological polar surface area (TPSA) is 54.3 Å². The Labute approximate surface area is 159 Å². The Balaban J connectivity index is 1.64. The van der Waals surface area contributed by atoms with Gasteiger partial charge in [-0.1, -0.05) is 0 Å². The first kappa shape index (κ1) is 19.1. The predicted molar refractivity (Wildman–Crippen MR) is 93.4 cm³/mol. The molecule has 10 heteroatoms. The number of carbonyl (C=O) groups is 1. The van der Waals surface area contributed by atoms with E-state index in [1.54, 1.807) is 4.90 Å². The van der Waals surface area contributed by atoms with E-state index in [2.05, 4.69) is 15.0 Å². The van der Waals surface area contributed by atoms with Crippen LogP contribution in [0.2, 0.25) is 0 Å². The normalized spacial score (nSPS) is 20.5. The van der Waals surface area contributed by atoms with Crippen molar-refractivity contribution in [3.63, 3.8) is 0 Å². The summed E-state index contributed by atoms with van der Waals surface area (Å²) < 4.78 is 54.3. The number of piperazine rings is 1. The van der Waals surface area contributed by atoms with Crippen LogP contribution in [0.3, 0.4) is 0 Å². The average molecular weight is 399 g/mol. The SMILES string of the molecule is Cc1nn(CC(=O)N2CCN3CCCC3C2)c2nc(C(F)F)cc(C(F)F)c12. The molecule has 28 heavy (non-hydrogen) atoms. The molecule has 2 saturated heterocycles. The van der Waals surface area contributed by atoms with E-state index in [9.17, 15) is 22.4 Å². The maximum absolute atomic E-state index is 13.4. The Hall–Kier alpha value is -2.23. The third-order valence-corrected chi connectivity index (χ3v) is 5.61. The number of halogens is 4. The van der Waals surface area contributed by atoms with Gasteiger partial charge in [-0.3, -0.25) is 9.69 Å². The van der Waals surface area contributed by atoms with Gasteiger partial charge in [0, 0.05) is 31.2 Å². The summed E-state index contributed by atoms with van der Waals surface area (Å²) in [6, 6.07) is 1.07. The van der Waals surface area contributed by atoms with Crippen molar-refractivity contribution in [2.24, 2.45) is 0 Å². The Morgan fingerprint density at radius 1 is 1.21 bits per heavy atom. The highest BCUT2D eigenvalue weighted by Crippen LogP contribution is 2.32. The van der Waals surface area contributed by atoms with Crippen LogP contribution in [0, 0.1) is 6.92 Å². The van der Waals surface area contributed by atoms with Crippen molar-refractivity contribution in [1.29, 1.82) is 0 Å². The van der Waals surface area contributed by atoms with Gasteiger partial charge in [-0.15, -0.1) is 0 Å². The summed E-state index contributed by atoms with van der Waals surface area (Å²) in [4.78, 5) is 20.7. The van der Waals surface area contributed by atoms with E-state index >= 15 is 0 Å². The quantitative estimate of drug-likeness (QED) is 0.742. The molecule has 6 nitrogen and oxygen atoms in total. The van der Waals surface area contributed by atoms with Crippen LogP contribution in [0.15, 0.2) is 6.07 Å². The fraction of sp³-hybridized carbons (Fsp3) is 0.611. The number of hydrogen-bond donors (Lipinski definition) is 0. The van der Waals surface area contributed by atoms with Gasteiger partial charge in [0.1, 0.15) is 12.2 Å². The molecular weight excluding hydrogens is 378 g/mol. The van der Waals surface area contributed by atoms with Crippen LogP contribution in [0.25, 0.3) is 11.0 Å². The van der Waals surface area contributed by atoms with Crippen molar-refractivity contribution in [2.75, 3.05) is 26.2 Å². The van der Waals surface area contributed by atoms with Gasteiger partial charge in [0.15, 0.2) is 5.65 Å². The summed E-state index contributed by atoms with van der Waals surface area (Å²) in [6.45, 7) is 4.36. The summed E-state index contributed by atoms with van der Waals surface area (Å²) in [5.74, 6) is -0.209. The second-order valence-corrected chi connectivity index (χ2v) is 7.35. The molecule has 0 saturated carbocycles. The minimum Gasteiger partial charge on any atom is -0.338 e. The Kier molecular flexibility index (Phi) is 4.98. The zero-order chi connectivity index (χ0) is 20.0. The second-order valence-electron chi connectivity index (χ2n) is 7.35. The first-order chi connectivity index (χ1) is 13.3. The molecule has 4 rings (SSSR count). The lowest BCUT2D eigenvalue weighted by molar-refractivity contribution is -0.134. The van der Waals surface area contributed by atoms with Crippen molar-refractivity contribution in [2.45, 2.75) is 45.2 Å². The third-order valence-electron chi connectivity index (χ3n) is 5.61. The number of alkyl halides is 4. The zero-order valence-corrected chi connectivity index (χ0v) is 15.4. The van der Waals surface area contributed by atoms with Gasteiger partial charge in [0.05, 0.1) is 11.1 Å². The molecule has 0 radical (unpaired) electrons. The Bertz CT molecular complexity index is 900. The number of aryl methyl sites for hydroxylation is 1. The fourth-order valence-corrected chi connectivity index (χ4v) is 4.25. The molecular formula is C18H21F4N5O. The summed E-state index contributed by atoms with van der Waals surface area (Å²) in [5, 5.41) is 4.19. The molecule has 4 heterocycles. The van der Waals surface area contributed by atoms with Crippen LogP contribution in [-0.4, -0.2) is 62.7 Å². The number of nitrogens with zero attached hydrogens (tertiary/aromatic N) is 5. The van der Waals surface area contributed by atoms with E-state index in [1.807, 2.05) is 0 Å². The van der Waals surface area contributed by atoms with Crippen molar-refractivity contribution in [3.05, 3.63) is 23.0 Å². The van der Waals surface area contributed by atoms with Crippen LogP contribution in [0.1, 0.15) is 42.6 Å². The second kappa shape index (κ2) is 7.31. The van der Waals surface area contributed by atoms with Crippen LogP contribution in [0.5, 0.6) is 0 Å². The molecule has 1 unspecified atom stereocenters. The highest BCUT2D eigenvalue weighted by Gasteiger charge is 2.33. The summed E-state index contributed by atoms with van der Waals surface area (Å²) >= 11 is 0. The number of pyridine rings is 1. The van der Waals surface area contributed by atoms with Crippen LogP contribution >= 0.6 is 0 Å². The van der Waals surface area contributed by atoms with E-state index < -0.39 is 24.1 Å². The van der Waals surface area contributed by atoms with E-state index in [0.717, 1.165) is 32.0 Å². The lowest BCUT2D eigenvalue weighted by Gasteiger charge is -2.37. The van der Waals surface area contributed by atoms with E-state index in [4.69, 9.17) is 0 Å². The molecule has 2 fully saturated rings. The molecule has 0 aromatic carbocycles. The molecule has 2 aromatic heterocycles. The van der Waals surface area contributed by atoms with Crippen LogP contribution < -0.4 is 0 Å². The zero-order valence-electron chi connectivity index (χ0n) is 15.4. The van der Waals surface area contributed by atoms with Gasteiger partial charge in [0.25, 0.3) is 12.9 Å². The maximum Gasteiger partial charge on any atom is 0.280 e. The largest absolute Gasteiger partial charge is 0.338 e. The van der Waals surface area contributed by atoms with Gasteiger partial charge in [0.2, 0.25) is 5.91 Å². The molecule has 0 bridgehead atoms. The fourth-order valence-electron chi connectivity index (χ4n) is 4.25. The van der Waals surface area contributed by atoms with E-state index in [0.29, 0.717) is 19.1 Å². The van der Waals surface area contributed by atoms with Gasteiger partial charge in [-0.25, -0.2) is 27.2 Å². The molecule has 0 aliphatic carbocycles. The number of hydrogen-bond acceptors (Lipinski definition) is 4. The molecule has 2 aliphatic heterocycles. The van der Waals surface area contributed by atoms with Crippen molar-refractivity contribution < 1.29 is 22.4 Å². The van der Waals surface area contributed by atoms with E-state index in [-0.39, 0.29) is 29.2 Å². The molecule has 0 spiro atoms. The summed E-state index contributed by atoms with van der Waals surface area (Å²) in [5.41, 5.74) is -1.13. The minimum atomic E-state index is -2.99. The van der Waals surface area contributed by atoms with Crippen molar-refractivity contribution >= 4 is 16.9 Å². The monoisotopic (exact) mass is 399 g/mol. The minimum absolute atomic E-state index is 0.0350. The molecule has 0 N–H and O–H groups in total. The van der Waals surface area contributed by atoms with Gasteiger partial charge < -0.3 is 4.90 Å². The highest BCUT2D eigenvalue weighted by molar-refractivity contribution is 5.85. The lowest BCUT2D eigenvalue weighted by atomic mass is 10.1. The first-order valence-corrected chi connectivity index (χ1v) is 9.31. The number of carbonyl (C=O) groups excluding carboxylic acids is 1. The molecule has 2 aromatic rings. The first-order valence-electron chi connectivity index (χ1n) is 9.31. The number of aromatic nitrogens is 3. The van der Waals surface area contributed by atoms with Crippen molar-refractivity contribution in [1.82, 2.24) is 24.6 Å². The highest BCUT2D eigenvalue weighted by atomic mass is 19.3. The molecule has 152 valence electrons. The van der Waals surface area contributed by atoms with Gasteiger partial charge >= 0.3 is 0 Å². The Morgan fingerprint density at radius 2 is 2.00 bits per heavy atom. The molecule has 1 atom stereocenters. The summed E-state index contributed by atoms with van der Waals surface area (Å²) in [6.07, 6.45) is -3.76. The Morgan fingerprint density at radius 3 is 2.71 bits per heavy atom. The van der Waals surface area contributed by atoms with Crippen LogP contribution in [-0.2, 0) is 11.3 Å². The van der Waals surface area contributed by atoms with E-state index in [1.165, 1.54) is 11.6 Å². The number of rotatable bonds is 4. The third kappa shape index (κ3) is 3.34. The van der Waals surface area contributed by atoms with Crippen LogP contribution in [0.4, 0.5) is 17.6 Å². The lowest BCUT2D eigenvalue weighted by Crippen LogP contribution is -2.52. The summed E-state index contributed by atoms with van der Waals surface area (Å²) in [7, 11) is 0. The smallest absolute Gasteiger partial charge is 0.280 e. The van der Waals surface area contributed by atoms with Gasteiger partial charge in [-0.2, -0.15) is 5.10 Å². The standard InChI is InChI=1S/C18H21F4N5O/c1-10-15-12(16(19)20)7-13(17(21)22)23-18(15)27(24-10)9-14(28)26-6-5-25-4-2-3-11(25)8-26/h7,11,16-17H,2-6,8-9H2,1H3.